The van der Waals surface area contributed by atoms with Gasteiger partial charge in [0.05, 0.1) is 11.1 Å². The minimum absolute atomic E-state index is 0.129. The van der Waals surface area contributed by atoms with Crippen LogP contribution in [0.25, 0.3) is 0 Å². The molecule has 0 spiro atoms. The number of aromatic nitrogens is 3. The Morgan fingerprint density at radius 2 is 1.73 bits per heavy atom. The van der Waals surface area contributed by atoms with Crippen LogP contribution in [0.3, 0.4) is 0 Å². The Bertz CT molecular complexity index is 1260. The van der Waals surface area contributed by atoms with Crippen molar-refractivity contribution in [3.63, 3.8) is 0 Å². The second-order valence-electron chi connectivity index (χ2n) is 11.0. The molecule has 8 heteroatoms. The molecule has 2 bridgehead atoms. The van der Waals surface area contributed by atoms with Crippen molar-refractivity contribution >= 4 is 10.0 Å². The third-order valence-corrected chi connectivity index (χ3v) is 9.76. The second kappa shape index (κ2) is 11.1. The van der Waals surface area contributed by atoms with E-state index in [1.54, 1.807) is 24.3 Å². The summed E-state index contributed by atoms with van der Waals surface area (Å²) in [4.78, 5) is 0.312. The van der Waals surface area contributed by atoms with Crippen LogP contribution in [0.5, 0.6) is 0 Å². The monoisotopic (exact) mass is 521 g/mol. The zero-order valence-corrected chi connectivity index (χ0v) is 22.9. The maximum Gasteiger partial charge on any atom is 0.240 e. The average Bonchev–Trinajstić information content (AvgIpc) is 3.40. The number of benzene rings is 2. The van der Waals surface area contributed by atoms with E-state index in [1.165, 1.54) is 18.4 Å². The van der Waals surface area contributed by atoms with E-state index >= 15 is 0 Å². The first-order valence-corrected chi connectivity index (χ1v) is 15.1. The molecule has 0 amide bonds. The minimum Gasteiger partial charge on any atom is -0.299 e. The van der Waals surface area contributed by atoms with E-state index in [0.717, 1.165) is 30.9 Å². The zero-order chi connectivity index (χ0) is 26.0. The topological polar surface area (TPSA) is 88.9 Å². The maximum absolute atomic E-state index is 12.9. The highest BCUT2D eigenvalue weighted by molar-refractivity contribution is 7.89. The molecule has 1 aromatic heterocycles. The number of aryl methyl sites for hydroxylation is 1. The van der Waals surface area contributed by atoms with Gasteiger partial charge in [-0.05, 0) is 74.5 Å². The predicted molar refractivity (Wildman–Crippen MR) is 146 cm³/mol. The summed E-state index contributed by atoms with van der Waals surface area (Å²) in [6.07, 6.45) is 5.82. The van der Waals surface area contributed by atoms with Gasteiger partial charge in [0.15, 0.2) is 0 Å². The van der Waals surface area contributed by atoms with Gasteiger partial charge in [0.25, 0.3) is 0 Å². The van der Waals surface area contributed by atoms with Crippen molar-refractivity contribution in [1.82, 2.24) is 24.8 Å². The third kappa shape index (κ3) is 5.66. The molecule has 7 nitrogen and oxygen atoms in total. The van der Waals surface area contributed by atoms with E-state index in [1.807, 2.05) is 24.3 Å². The van der Waals surface area contributed by atoms with Crippen molar-refractivity contribution in [2.45, 2.75) is 81.8 Å². The Hall–Kier alpha value is -2.55. The van der Waals surface area contributed by atoms with Crippen LogP contribution in [-0.4, -0.2) is 35.8 Å². The van der Waals surface area contributed by atoms with Crippen LogP contribution in [0, 0.1) is 18.8 Å². The predicted octanol–water partition coefficient (Wildman–Crippen LogP) is 5.14. The molecule has 3 aromatic rings. The minimum atomic E-state index is -3.54. The lowest BCUT2D eigenvalue weighted by Gasteiger charge is -2.38. The molecule has 3 unspecified atom stereocenters. The highest BCUT2D eigenvalue weighted by atomic mass is 32.2. The first kappa shape index (κ1) is 26.1. The van der Waals surface area contributed by atoms with E-state index in [4.69, 9.17) is 0 Å². The second-order valence-corrected chi connectivity index (χ2v) is 12.8. The first-order chi connectivity index (χ1) is 17.8. The fourth-order valence-corrected chi connectivity index (χ4v) is 7.53. The molecule has 2 fully saturated rings. The van der Waals surface area contributed by atoms with E-state index in [2.05, 4.69) is 57.7 Å². The van der Waals surface area contributed by atoms with Gasteiger partial charge in [0.1, 0.15) is 11.6 Å². The molecule has 0 radical (unpaired) electrons. The summed E-state index contributed by atoms with van der Waals surface area (Å²) in [5.74, 6) is 3.77. The van der Waals surface area contributed by atoms with Crippen LogP contribution in [0.2, 0.25) is 0 Å². The summed E-state index contributed by atoms with van der Waals surface area (Å²) in [6.45, 7) is 6.80. The van der Waals surface area contributed by atoms with Crippen LogP contribution >= 0.6 is 0 Å². The van der Waals surface area contributed by atoms with Crippen molar-refractivity contribution in [2.75, 3.05) is 6.54 Å². The Morgan fingerprint density at radius 1 is 1.03 bits per heavy atom. The molecule has 1 saturated heterocycles. The molecule has 5 rings (SSSR count). The van der Waals surface area contributed by atoms with Gasteiger partial charge in [-0.3, -0.25) is 9.88 Å². The highest BCUT2D eigenvalue weighted by Crippen LogP contribution is 2.45. The van der Waals surface area contributed by atoms with Crippen LogP contribution in [-0.2, 0) is 10.0 Å². The summed E-state index contributed by atoms with van der Waals surface area (Å²) in [6, 6.07) is 19.4. The molecule has 2 aliphatic rings. The lowest BCUT2D eigenvalue weighted by molar-refractivity contribution is 0.155. The number of piperidine rings is 1. The molecular weight excluding hydrogens is 482 g/mol. The number of hydrogen-bond donors (Lipinski definition) is 2. The van der Waals surface area contributed by atoms with Gasteiger partial charge >= 0.3 is 0 Å². The molecule has 1 aliphatic carbocycles. The van der Waals surface area contributed by atoms with Crippen LogP contribution in [0.15, 0.2) is 65.6 Å². The van der Waals surface area contributed by atoms with Gasteiger partial charge in [0.2, 0.25) is 10.0 Å². The van der Waals surface area contributed by atoms with E-state index in [0.29, 0.717) is 35.2 Å². The Morgan fingerprint density at radius 3 is 2.41 bits per heavy atom. The van der Waals surface area contributed by atoms with Gasteiger partial charge < -0.3 is 0 Å². The quantitative estimate of drug-likeness (QED) is 0.386. The molecule has 2 aromatic carbocycles. The molecule has 2 N–H and O–H groups in total. The van der Waals surface area contributed by atoms with Gasteiger partial charge in [-0.1, -0.05) is 62.4 Å². The van der Waals surface area contributed by atoms with Gasteiger partial charge in [-0.15, -0.1) is 10.2 Å². The summed E-state index contributed by atoms with van der Waals surface area (Å²) in [7, 11) is -3.54. The van der Waals surface area contributed by atoms with Crippen molar-refractivity contribution in [3.8, 4) is 0 Å². The van der Waals surface area contributed by atoms with Crippen LogP contribution < -0.4 is 10.0 Å². The normalized spacial score (nSPS) is 24.4. The van der Waals surface area contributed by atoms with Crippen LogP contribution in [0.4, 0.5) is 0 Å². The Kier molecular flexibility index (Phi) is 7.79. The molecule has 1 aliphatic heterocycles. The summed E-state index contributed by atoms with van der Waals surface area (Å²) >= 11 is 0. The molecule has 1 saturated carbocycles. The lowest BCUT2D eigenvalue weighted by Crippen LogP contribution is -2.45. The summed E-state index contributed by atoms with van der Waals surface area (Å²) in [5, 5.41) is 12.8. The fourth-order valence-electron chi connectivity index (χ4n) is 6.43. The molecule has 37 heavy (non-hydrogen) atoms. The number of hydrogen-bond acceptors (Lipinski definition) is 5. The van der Waals surface area contributed by atoms with Crippen molar-refractivity contribution < 1.29 is 8.42 Å². The fraction of sp³-hybridized carbons (Fsp3) is 0.517. The van der Waals surface area contributed by atoms with E-state index < -0.39 is 10.0 Å². The highest BCUT2D eigenvalue weighted by Gasteiger charge is 2.43. The van der Waals surface area contributed by atoms with Gasteiger partial charge in [0, 0.05) is 18.5 Å². The molecule has 198 valence electrons. The first-order valence-electron chi connectivity index (χ1n) is 13.6. The van der Waals surface area contributed by atoms with Crippen LogP contribution in [0.1, 0.15) is 81.2 Å². The number of sulfonamides is 1. The number of nitrogens with zero attached hydrogens (tertiary/aromatic N) is 3. The number of rotatable bonds is 10. The van der Waals surface area contributed by atoms with Gasteiger partial charge in [-0.2, -0.15) is 0 Å². The molecule has 5 atom stereocenters. The third-order valence-electron chi connectivity index (χ3n) is 8.32. The maximum atomic E-state index is 12.9. The largest absolute Gasteiger partial charge is 0.299 e. The Labute approximate surface area is 221 Å². The summed E-state index contributed by atoms with van der Waals surface area (Å²) < 4.78 is 31.0. The smallest absolute Gasteiger partial charge is 0.240 e. The molecule has 2 heterocycles. The van der Waals surface area contributed by atoms with Gasteiger partial charge in [-0.25, -0.2) is 13.1 Å². The lowest BCUT2D eigenvalue weighted by atomic mass is 9.80. The SMILES string of the molecule is Cc1nnc(C(C)C)n1C1C[C@H]2CC[C@H](N1)C2CCC(CNS(=O)(=O)c1ccccc1)c1ccccc1. The van der Waals surface area contributed by atoms with Crippen molar-refractivity contribution in [1.29, 1.82) is 0 Å². The van der Waals surface area contributed by atoms with E-state index in [-0.39, 0.29) is 12.1 Å². The molecular formula is C29H39N5O2S. The Balaban J connectivity index is 1.27. The van der Waals surface area contributed by atoms with Crippen molar-refractivity contribution in [3.05, 3.63) is 77.9 Å². The zero-order valence-electron chi connectivity index (χ0n) is 22.0. The summed E-state index contributed by atoms with van der Waals surface area (Å²) in [5.41, 5.74) is 1.19. The van der Waals surface area contributed by atoms with Crippen molar-refractivity contribution in [2.24, 2.45) is 11.8 Å². The van der Waals surface area contributed by atoms with E-state index in [9.17, 15) is 8.42 Å². The average molecular weight is 522 g/mol. The number of nitrogens with one attached hydrogen (secondary N) is 2. The standard InChI is InChI=1S/C29H39N5O2S/c1-20(2)29-33-32-21(3)34(29)28-18-23-15-17-27(31-28)26(23)16-14-24(22-10-6-4-7-11-22)19-30-37(35,36)25-12-8-5-9-13-25/h4-13,20,23-24,26-28,30-31H,14-19H2,1-3H3/t23-,24?,26?,27+,28?/m1/s1. The number of fused-ring (bicyclic) bond motifs is 2.